The first kappa shape index (κ1) is 26.9. The summed E-state index contributed by atoms with van der Waals surface area (Å²) >= 11 is 1.64. The van der Waals surface area contributed by atoms with Gasteiger partial charge in [-0.3, -0.25) is 14.4 Å². The predicted molar refractivity (Wildman–Crippen MR) is 114 cm³/mol. The number of ketones is 1. The predicted octanol–water partition coefficient (Wildman–Crippen LogP) is 2.18. The molecule has 0 aliphatic rings. The fourth-order valence-corrected chi connectivity index (χ4v) is 3.28. The maximum atomic E-state index is 12.1. The highest BCUT2D eigenvalue weighted by atomic mass is 32.2. The number of amides is 2. The number of nitrogens with one attached hydrogen (secondary N) is 2. The molecule has 0 spiro atoms. The highest BCUT2D eigenvalue weighted by Crippen LogP contribution is 2.19. The minimum Gasteiger partial charge on any atom is -0.379 e. The molecule has 0 fully saturated rings. The van der Waals surface area contributed by atoms with Gasteiger partial charge in [0.2, 0.25) is 11.8 Å². The third-order valence-corrected chi connectivity index (χ3v) is 5.25. The van der Waals surface area contributed by atoms with Gasteiger partial charge in [0, 0.05) is 31.8 Å². The number of ether oxygens (including phenoxy) is 2. The summed E-state index contributed by atoms with van der Waals surface area (Å²) in [5.41, 5.74) is 0. The van der Waals surface area contributed by atoms with Crippen LogP contribution in [0.2, 0.25) is 0 Å². The monoisotopic (exact) mass is 418 g/mol. The zero-order chi connectivity index (χ0) is 21.4. The first-order valence-electron chi connectivity index (χ1n) is 10.2. The molecule has 0 saturated heterocycles. The summed E-state index contributed by atoms with van der Waals surface area (Å²) in [7, 11) is 0. The van der Waals surface area contributed by atoms with Gasteiger partial charge in [-0.05, 0) is 11.7 Å². The molecule has 0 aliphatic heterocycles. The Bertz CT molecular complexity index is 458. The van der Waals surface area contributed by atoms with E-state index in [0.29, 0.717) is 51.2 Å². The van der Waals surface area contributed by atoms with Crippen molar-refractivity contribution in [2.45, 2.75) is 64.4 Å². The molecular weight excluding hydrogens is 380 g/mol. The van der Waals surface area contributed by atoms with E-state index >= 15 is 0 Å². The zero-order valence-electron chi connectivity index (χ0n) is 18.0. The lowest BCUT2D eigenvalue weighted by Gasteiger charge is -2.16. The second-order valence-electron chi connectivity index (χ2n) is 7.07. The Morgan fingerprint density at radius 1 is 0.857 bits per heavy atom. The van der Waals surface area contributed by atoms with E-state index in [1.54, 1.807) is 11.8 Å². The first-order valence-corrected chi connectivity index (χ1v) is 11.1. The van der Waals surface area contributed by atoms with Crippen molar-refractivity contribution in [2.24, 2.45) is 5.92 Å². The van der Waals surface area contributed by atoms with E-state index in [0.717, 1.165) is 6.42 Å². The first-order chi connectivity index (χ1) is 13.3. The number of thioether (sulfide) groups is 1. The Morgan fingerprint density at radius 3 is 2.07 bits per heavy atom. The lowest BCUT2D eigenvalue weighted by molar-refractivity contribution is -0.123. The molecule has 2 amide bonds. The fraction of sp³-hybridized carbons (Fsp3) is 0.850. The molecule has 164 valence electrons. The molecule has 1 atom stereocenters. The molecule has 0 aromatic heterocycles. The van der Waals surface area contributed by atoms with Gasteiger partial charge in [0.25, 0.3) is 0 Å². The summed E-state index contributed by atoms with van der Waals surface area (Å²) in [5, 5.41) is 5.91. The summed E-state index contributed by atoms with van der Waals surface area (Å²) < 4.78 is 10.7. The summed E-state index contributed by atoms with van der Waals surface area (Å²) in [6.07, 6.45) is 1.46. The van der Waals surface area contributed by atoms with Gasteiger partial charge in [-0.1, -0.05) is 34.6 Å². The topological polar surface area (TPSA) is 93.7 Å². The lowest BCUT2D eigenvalue weighted by atomic mass is 10.1. The molecule has 0 radical (unpaired) electrons. The molecule has 1 unspecified atom stereocenters. The summed E-state index contributed by atoms with van der Waals surface area (Å²) in [6, 6.07) is 0. The van der Waals surface area contributed by atoms with Crippen LogP contribution in [0, 0.1) is 5.92 Å². The summed E-state index contributed by atoms with van der Waals surface area (Å²) in [4.78, 5) is 35.2. The average Bonchev–Trinajstić information content (AvgIpc) is 2.63. The Kier molecular flexibility index (Phi) is 16.1. The van der Waals surface area contributed by atoms with Crippen LogP contribution in [0.1, 0.15) is 53.9 Å². The Hall–Kier alpha value is -1.12. The van der Waals surface area contributed by atoms with Gasteiger partial charge in [-0.15, -0.1) is 11.8 Å². The number of Topliss-reactive ketones (excluding diaryl/α,β-unsaturated/α-hetero) is 1. The van der Waals surface area contributed by atoms with Gasteiger partial charge < -0.3 is 20.1 Å². The molecule has 8 heteroatoms. The van der Waals surface area contributed by atoms with Crippen molar-refractivity contribution in [1.29, 1.82) is 0 Å². The number of hydrogen-bond acceptors (Lipinski definition) is 6. The molecule has 0 aromatic carbocycles. The van der Waals surface area contributed by atoms with E-state index in [-0.39, 0.29) is 35.2 Å². The van der Waals surface area contributed by atoms with Crippen molar-refractivity contribution in [3.05, 3.63) is 0 Å². The number of hydrogen-bond donors (Lipinski definition) is 2. The van der Waals surface area contributed by atoms with Crippen molar-refractivity contribution in [2.75, 3.05) is 39.5 Å². The van der Waals surface area contributed by atoms with Gasteiger partial charge >= 0.3 is 0 Å². The van der Waals surface area contributed by atoms with E-state index in [1.807, 2.05) is 20.8 Å². The van der Waals surface area contributed by atoms with Crippen LogP contribution in [0.4, 0.5) is 0 Å². The van der Waals surface area contributed by atoms with Crippen molar-refractivity contribution in [3.8, 4) is 0 Å². The Morgan fingerprint density at radius 2 is 1.50 bits per heavy atom. The van der Waals surface area contributed by atoms with Gasteiger partial charge in [-0.2, -0.15) is 0 Å². The zero-order valence-corrected chi connectivity index (χ0v) is 18.9. The van der Waals surface area contributed by atoms with Crippen molar-refractivity contribution in [1.82, 2.24) is 10.6 Å². The molecule has 0 saturated carbocycles. The molecule has 0 heterocycles. The van der Waals surface area contributed by atoms with Crippen LogP contribution in [0.25, 0.3) is 0 Å². The molecule has 0 rings (SSSR count). The Balaban J connectivity index is 3.58. The van der Waals surface area contributed by atoms with E-state index in [4.69, 9.17) is 9.47 Å². The SMILES string of the molecule is CCC(SC(C)C)C(=O)NCCC(=O)NCCOCCOCCC(=O)C(C)C. The third kappa shape index (κ3) is 14.9. The normalized spacial score (nSPS) is 12.2. The van der Waals surface area contributed by atoms with Crippen LogP contribution in [0.15, 0.2) is 0 Å². The van der Waals surface area contributed by atoms with E-state index < -0.39 is 0 Å². The van der Waals surface area contributed by atoms with Crippen molar-refractivity contribution in [3.63, 3.8) is 0 Å². The molecule has 0 aliphatic carbocycles. The molecule has 0 aromatic rings. The van der Waals surface area contributed by atoms with Crippen LogP contribution in [-0.4, -0.2) is 67.6 Å². The van der Waals surface area contributed by atoms with Crippen LogP contribution < -0.4 is 10.6 Å². The standard InChI is InChI=1S/C20H38N2O5S/c1-6-18(28-16(4)5)20(25)22-9-7-19(24)21-10-12-27-14-13-26-11-8-17(23)15(2)3/h15-16,18H,6-14H2,1-5H3,(H,21,24)(H,22,25). The minimum absolute atomic E-state index is 0.00701. The number of rotatable bonds is 17. The van der Waals surface area contributed by atoms with Gasteiger partial charge in [0.1, 0.15) is 5.78 Å². The van der Waals surface area contributed by atoms with Crippen molar-refractivity contribution >= 4 is 29.4 Å². The molecule has 28 heavy (non-hydrogen) atoms. The van der Waals surface area contributed by atoms with Gasteiger partial charge in [-0.25, -0.2) is 0 Å². The smallest absolute Gasteiger partial charge is 0.233 e. The van der Waals surface area contributed by atoms with Crippen LogP contribution >= 0.6 is 11.8 Å². The lowest BCUT2D eigenvalue weighted by Crippen LogP contribution is -2.36. The van der Waals surface area contributed by atoms with Crippen molar-refractivity contribution < 1.29 is 23.9 Å². The third-order valence-electron chi connectivity index (χ3n) is 3.83. The number of carbonyl (C=O) groups is 3. The molecular formula is C20H38N2O5S. The average molecular weight is 419 g/mol. The molecule has 0 bridgehead atoms. The largest absolute Gasteiger partial charge is 0.379 e. The van der Waals surface area contributed by atoms with E-state index in [1.165, 1.54) is 0 Å². The number of carbonyl (C=O) groups excluding carboxylic acids is 3. The highest BCUT2D eigenvalue weighted by molar-refractivity contribution is 8.01. The maximum absolute atomic E-state index is 12.1. The minimum atomic E-state index is -0.114. The van der Waals surface area contributed by atoms with E-state index in [9.17, 15) is 14.4 Å². The second-order valence-corrected chi connectivity index (χ2v) is 8.85. The molecule has 2 N–H and O–H groups in total. The van der Waals surface area contributed by atoms with Gasteiger partial charge in [0.05, 0.1) is 31.7 Å². The van der Waals surface area contributed by atoms with Gasteiger partial charge in [0.15, 0.2) is 0 Å². The maximum Gasteiger partial charge on any atom is 0.233 e. The quantitative estimate of drug-likeness (QED) is 0.352. The van der Waals surface area contributed by atoms with Crippen LogP contribution in [-0.2, 0) is 23.9 Å². The second kappa shape index (κ2) is 16.8. The molecule has 7 nitrogen and oxygen atoms in total. The highest BCUT2D eigenvalue weighted by Gasteiger charge is 2.18. The van der Waals surface area contributed by atoms with Crippen LogP contribution in [0.5, 0.6) is 0 Å². The summed E-state index contributed by atoms with van der Waals surface area (Å²) in [5.74, 6) is 0.122. The van der Waals surface area contributed by atoms with E-state index in [2.05, 4.69) is 24.5 Å². The summed E-state index contributed by atoms with van der Waals surface area (Å²) in [6.45, 7) is 12.3. The van der Waals surface area contributed by atoms with Crippen LogP contribution in [0.3, 0.4) is 0 Å². The Labute approximate surface area is 174 Å². The fourth-order valence-electron chi connectivity index (χ4n) is 2.22.